The molecule has 1 atom stereocenters. The Bertz CT molecular complexity index is 989. The molecule has 0 saturated carbocycles. The van der Waals surface area contributed by atoms with E-state index in [-0.39, 0.29) is 18.0 Å². The molecule has 3 rings (SSSR count). The molecule has 0 aromatic heterocycles. The third-order valence-corrected chi connectivity index (χ3v) is 7.08. The minimum Gasteiger partial charge on any atom is -0.487 e. The predicted octanol–water partition coefficient (Wildman–Crippen LogP) is 3.66. The third kappa shape index (κ3) is 6.61. The van der Waals surface area contributed by atoms with E-state index < -0.39 is 22.2 Å². The van der Waals surface area contributed by atoms with Crippen LogP contribution in [0.4, 0.5) is 4.79 Å². The summed E-state index contributed by atoms with van der Waals surface area (Å²) in [5.41, 5.74) is 0.610. The van der Waals surface area contributed by atoms with Crippen LogP contribution in [0.5, 0.6) is 11.5 Å². The molecule has 1 unspecified atom stereocenters. The average Bonchev–Trinajstić information content (AvgIpc) is 2.75. The van der Waals surface area contributed by atoms with Crippen LogP contribution in [0.15, 0.2) is 54.6 Å². The molecule has 0 spiro atoms. The molecule has 1 aliphatic rings. The zero-order valence-electron chi connectivity index (χ0n) is 18.3. The van der Waals surface area contributed by atoms with Crippen LogP contribution in [0.1, 0.15) is 38.3 Å². The fourth-order valence-electron chi connectivity index (χ4n) is 3.68. The van der Waals surface area contributed by atoms with Crippen LogP contribution in [0.2, 0.25) is 0 Å². The number of hydrogen-bond acceptors (Lipinski definition) is 5. The van der Waals surface area contributed by atoms with E-state index in [1.807, 2.05) is 38.1 Å². The largest absolute Gasteiger partial charge is 0.487 e. The number of carboxylic acid groups (broad SMARTS) is 1. The summed E-state index contributed by atoms with van der Waals surface area (Å²) < 4.78 is 39.4. The molecule has 1 saturated heterocycles. The summed E-state index contributed by atoms with van der Waals surface area (Å²) in [4.78, 5) is 11.2. The van der Waals surface area contributed by atoms with Crippen molar-refractivity contribution in [2.45, 2.75) is 44.9 Å². The molecule has 1 heterocycles. The topological polar surface area (TPSA) is 105 Å². The maximum Gasteiger partial charge on any atom is 0.405 e. The lowest BCUT2D eigenvalue weighted by molar-refractivity contribution is 0.125. The van der Waals surface area contributed by atoms with E-state index in [0.717, 1.165) is 0 Å². The van der Waals surface area contributed by atoms with Crippen molar-refractivity contribution in [3.05, 3.63) is 60.2 Å². The van der Waals surface area contributed by atoms with Gasteiger partial charge in [-0.25, -0.2) is 17.5 Å². The van der Waals surface area contributed by atoms with E-state index in [2.05, 4.69) is 5.32 Å². The molecular weight excluding hydrogens is 432 g/mol. The number of para-hydroxylation sites is 2. The van der Waals surface area contributed by atoms with Gasteiger partial charge in [0, 0.05) is 13.1 Å². The highest BCUT2D eigenvalue weighted by atomic mass is 32.2. The first-order valence-electron chi connectivity index (χ1n) is 10.7. The second-order valence-corrected chi connectivity index (χ2v) is 10.0. The fourth-order valence-corrected chi connectivity index (χ4v) is 5.35. The number of nitrogens with zero attached hydrogens (tertiary/aromatic N) is 1. The molecule has 9 heteroatoms. The van der Waals surface area contributed by atoms with Crippen molar-refractivity contribution in [1.29, 1.82) is 0 Å². The Morgan fingerprint density at radius 1 is 1.06 bits per heavy atom. The summed E-state index contributed by atoms with van der Waals surface area (Å²) in [6, 6.07) is 15.4. The number of hydrogen-bond donors (Lipinski definition) is 2. The lowest BCUT2D eigenvalue weighted by atomic mass is 10.1. The van der Waals surface area contributed by atoms with E-state index >= 15 is 0 Å². The molecule has 0 radical (unpaired) electrons. The Morgan fingerprint density at radius 2 is 1.66 bits per heavy atom. The fraction of sp³-hybridized carbons (Fsp3) is 0.435. The highest BCUT2D eigenvalue weighted by Gasteiger charge is 2.32. The number of rotatable bonds is 9. The monoisotopic (exact) mass is 462 g/mol. The number of benzene rings is 2. The Labute approximate surface area is 189 Å². The summed E-state index contributed by atoms with van der Waals surface area (Å²) in [5.74, 6) is 0.986. The summed E-state index contributed by atoms with van der Waals surface area (Å²) >= 11 is 0. The van der Waals surface area contributed by atoms with Gasteiger partial charge in [0.15, 0.2) is 11.5 Å². The molecule has 174 valence electrons. The SMILES string of the molecule is CC(C)Oc1ccccc1OC1CCN(S(=O)(=O)CC(NC(=O)O)c2ccccc2)CC1. The molecular formula is C23H30N2O6S. The van der Waals surface area contributed by atoms with Gasteiger partial charge in [-0.2, -0.15) is 0 Å². The second-order valence-electron chi connectivity index (χ2n) is 8.02. The maximum atomic E-state index is 13.0. The minimum absolute atomic E-state index is 0.0173. The Morgan fingerprint density at radius 3 is 2.25 bits per heavy atom. The molecule has 1 aliphatic heterocycles. The number of carbonyl (C=O) groups is 1. The van der Waals surface area contributed by atoms with Crippen molar-refractivity contribution in [3.63, 3.8) is 0 Å². The normalized spacial score (nSPS) is 16.5. The predicted molar refractivity (Wildman–Crippen MR) is 122 cm³/mol. The number of sulfonamides is 1. The Kier molecular flexibility index (Phi) is 7.98. The van der Waals surface area contributed by atoms with Crippen molar-refractivity contribution >= 4 is 16.1 Å². The number of amides is 1. The third-order valence-electron chi connectivity index (χ3n) is 5.18. The van der Waals surface area contributed by atoms with Gasteiger partial charge in [-0.1, -0.05) is 42.5 Å². The lowest BCUT2D eigenvalue weighted by Crippen LogP contribution is -2.45. The van der Waals surface area contributed by atoms with Crippen molar-refractivity contribution in [1.82, 2.24) is 9.62 Å². The van der Waals surface area contributed by atoms with Crippen LogP contribution in [-0.4, -0.2) is 55.0 Å². The first kappa shape index (κ1) is 23.9. The van der Waals surface area contributed by atoms with Crippen LogP contribution in [0.3, 0.4) is 0 Å². The van der Waals surface area contributed by atoms with Gasteiger partial charge in [0.05, 0.1) is 17.9 Å². The van der Waals surface area contributed by atoms with Crippen LogP contribution in [0, 0.1) is 0 Å². The number of nitrogens with one attached hydrogen (secondary N) is 1. The van der Waals surface area contributed by atoms with Gasteiger partial charge in [0.1, 0.15) is 6.10 Å². The van der Waals surface area contributed by atoms with Gasteiger partial charge in [-0.05, 0) is 44.4 Å². The summed E-state index contributed by atoms with van der Waals surface area (Å²) in [6.07, 6.45) is -0.289. The first-order valence-corrected chi connectivity index (χ1v) is 12.3. The maximum absolute atomic E-state index is 13.0. The van der Waals surface area contributed by atoms with Crippen molar-refractivity contribution in [2.75, 3.05) is 18.8 Å². The molecule has 1 amide bonds. The lowest BCUT2D eigenvalue weighted by Gasteiger charge is -2.32. The molecule has 2 N–H and O–H groups in total. The first-order chi connectivity index (χ1) is 15.2. The van der Waals surface area contributed by atoms with Gasteiger partial charge in [-0.3, -0.25) is 0 Å². The van der Waals surface area contributed by atoms with E-state index in [1.54, 1.807) is 30.3 Å². The molecule has 2 aromatic rings. The van der Waals surface area contributed by atoms with Gasteiger partial charge < -0.3 is 19.9 Å². The molecule has 32 heavy (non-hydrogen) atoms. The quantitative estimate of drug-likeness (QED) is 0.589. The van der Waals surface area contributed by atoms with Crippen LogP contribution < -0.4 is 14.8 Å². The molecule has 8 nitrogen and oxygen atoms in total. The highest BCUT2D eigenvalue weighted by Crippen LogP contribution is 2.30. The van der Waals surface area contributed by atoms with Gasteiger partial charge in [-0.15, -0.1) is 0 Å². The van der Waals surface area contributed by atoms with Crippen LogP contribution >= 0.6 is 0 Å². The van der Waals surface area contributed by atoms with E-state index in [1.165, 1.54) is 4.31 Å². The second kappa shape index (κ2) is 10.7. The molecule has 1 fully saturated rings. The average molecular weight is 463 g/mol. The highest BCUT2D eigenvalue weighted by molar-refractivity contribution is 7.89. The number of piperidine rings is 1. The summed E-state index contributed by atoms with van der Waals surface area (Å²) in [7, 11) is -3.67. The standard InChI is InChI=1S/C23H30N2O6S/c1-17(2)30-21-10-6-7-11-22(21)31-19-12-14-25(15-13-19)32(28,29)16-20(24-23(26)27)18-8-4-3-5-9-18/h3-11,17,19-20,24H,12-16H2,1-2H3,(H,26,27). The summed E-state index contributed by atoms with van der Waals surface area (Å²) in [6.45, 7) is 4.52. The Balaban J connectivity index is 1.62. The van der Waals surface area contributed by atoms with E-state index in [9.17, 15) is 13.2 Å². The van der Waals surface area contributed by atoms with E-state index in [4.69, 9.17) is 14.6 Å². The Hall–Kier alpha value is -2.78. The van der Waals surface area contributed by atoms with Crippen LogP contribution in [0.25, 0.3) is 0 Å². The van der Waals surface area contributed by atoms with Crippen molar-refractivity contribution < 1.29 is 27.8 Å². The molecule has 2 aromatic carbocycles. The zero-order valence-corrected chi connectivity index (χ0v) is 19.1. The van der Waals surface area contributed by atoms with Gasteiger partial charge >= 0.3 is 6.09 Å². The minimum atomic E-state index is -3.67. The summed E-state index contributed by atoms with van der Waals surface area (Å²) in [5, 5.41) is 11.5. The van der Waals surface area contributed by atoms with Crippen molar-refractivity contribution in [2.24, 2.45) is 0 Å². The smallest absolute Gasteiger partial charge is 0.405 e. The number of ether oxygens (including phenoxy) is 2. The van der Waals surface area contributed by atoms with Crippen LogP contribution in [-0.2, 0) is 10.0 Å². The zero-order chi connectivity index (χ0) is 23.1. The van der Waals surface area contributed by atoms with Gasteiger partial charge in [0.2, 0.25) is 10.0 Å². The molecule has 0 aliphatic carbocycles. The van der Waals surface area contributed by atoms with E-state index in [0.29, 0.717) is 43.0 Å². The van der Waals surface area contributed by atoms with Crippen molar-refractivity contribution in [3.8, 4) is 11.5 Å². The molecule has 0 bridgehead atoms. The van der Waals surface area contributed by atoms with Gasteiger partial charge in [0.25, 0.3) is 0 Å².